The number of fused-ring (bicyclic) bond motifs is 1. The van der Waals surface area contributed by atoms with E-state index in [1.54, 1.807) is 0 Å². The molecular formula is C24H36N4O2. The molecule has 0 spiro atoms. The average molecular weight is 413 g/mol. The number of nitrogens with zero attached hydrogens (tertiary/aromatic N) is 4. The van der Waals surface area contributed by atoms with Gasteiger partial charge in [-0.05, 0) is 62.4 Å². The molecule has 1 aliphatic carbocycles. The van der Waals surface area contributed by atoms with E-state index in [1.165, 1.54) is 18.4 Å². The summed E-state index contributed by atoms with van der Waals surface area (Å²) in [5, 5.41) is 0. The van der Waals surface area contributed by atoms with Crippen LogP contribution in [0.5, 0.6) is 0 Å². The zero-order valence-electron chi connectivity index (χ0n) is 18.3. The van der Waals surface area contributed by atoms with Crippen LogP contribution in [0.3, 0.4) is 0 Å². The van der Waals surface area contributed by atoms with Crippen molar-refractivity contribution >= 4 is 5.91 Å². The summed E-state index contributed by atoms with van der Waals surface area (Å²) < 4.78 is 5.57. The van der Waals surface area contributed by atoms with E-state index in [2.05, 4.69) is 38.7 Å². The van der Waals surface area contributed by atoms with Crippen LogP contribution in [0.2, 0.25) is 0 Å². The van der Waals surface area contributed by atoms with Gasteiger partial charge in [-0.2, -0.15) is 0 Å². The zero-order valence-corrected chi connectivity index (χ0v) is 18.3. The van der Waals surface area contributed by atoms with Crippen molar-refractivity contribution < 1.29 is 9.53 Å². The predicted octanol–water partition coefficient (Wildman–Crippen LogP) is 2.22. The minimum absolute atomic E-state index is 0.166. The molecule has 3 aliphatic heterocycles. The molecule has 6 heteroatoms. The third kappa shape index (κ3) is 3.67. The predicted molar refractivity (Wildman–Crippen MR) is 116 cm³/mol. The molecular weight excluding hydrogens is 376 g/mol. The lowest BCUT2D eigenvalue weighted by Crippen LogP contribution is -2.64. The molecule has 30 heavy (non-hydrogen) atoms. The summed E-state index contributed by atoms with van der Waals surface area (Å²) in [7, 11) is 0. The number of amides is 1. The zero-order chi connectivity index (χ0) is 20.6. The second-order valence-corrected chi connectivity index (χ2v) is 9.77. The Hall–Kier alpha value is -1.50. The average Bonchev–Trinajstić information content (AvgIpc) is 2.78. The fourth-order valence-corrected chi connectivity index (χ4v) is 6.42. The lowest BCUT2D eigenvalue weighted by atomic mass is 9.60. The first kappa shape index (κ1) is 20.4. The van der Waals surface area contributed by atoms with E-state index < -0.39 is 0 Å². The maximum absolute atomic E-state index is 13.9. The van der Waals surface area contributed by atoms with E-state index in [1.807, 2.05) is 12.4 Å². The molecule has 4 heterocycles. The van der Waals surface area contributed by atoms with Crippen LogP contribution in [-0.4, -0.2) is 90.7 Å². The van der Waals surface area contributed by atoms with Crippen LogP contribution in [0.1, 0.15) is 44.1 Å². The molecule has 3 atom stereocenters. The first-order chi connectivity index (χ1) is 14.7. The van der Waals surface area contributed by atoms with Crippen molar-refractivity contribution in [2.24, 2.45) is 11.3 Å². The van der Waals surface area contributed by atoms with Gasteiger partial charge in [0.25, 0.3) is 0 Å². The number of hydrogen-bond donors (Lipinski definition) is 0. The molecule has 1 aromatic heterocycles. The topological polar surface area (TPSA) is 48.9 Å². The van der Waals surface area contributed by atoms with Crippen LogP contribution >= 0.6 is 0 Å². The van der Waals surface area contributed by atoms with E-state index in [4.69, 9.17) is 4.74 Å². The standard InChI is InChI=1S/C24H36N4O2/c1-2-26-10-6-21-15-22(27-11-13-30-14-12-27)3-7-24(21,18-26)23(29)28-16-20(17-28)19-4-8-25-9-5-19/h4-5,8-9,20-22H,2-3,6-7,10-18H2,1H3/t21-,22+,24-/m1/s1. The van der Waals surface area contributed by atoms with E-state index in [0.29, 0.717) is 23.8 Å². The molecule has 1 aromatic rings. The SMILES string of the molecule is CCN1CC[C@@H]2C[C@@H](N3CCOCC3)CC[C@@]2(C(=O)N2CC(c3ccncc3)C2)C1. The second kappa shape index (κ2) is 8.56. The summed E-state index contributed by atoms with van der Waals surface area (Å²) in [6.45, 7) is 11.0. The number of carbonyl (C=O) groups excluding carboxylic acids is 1. The third-order valence-electron chi connectivity index (χ3n) is 8.34. The fourth-order valence-electron chi connectivity index (χ4n) is 6.42. The largest absolute Gasteiger partial charge is 0.379 e. The number of morpholine rings is 1. The minimum atomic E-state index is -0.166. The molecule has 6 nitrogen and oxygen atoms in total. The Morgan fingerprint density at radius 3 is 2.67 bits per heavy atom. The van der Waals surface area contributed by atoms with Gasteiger partial charge in [0.1, 0.15) is 0 Å². The van der Waals surface area contributed by atoms with Crippen molar-refractivity contribution in [1.82, 2.24) is 19.7 Å². The number of ether oxygens (including phenoxy) is 1. The van der Waals surface area contributed by atoms with Crippen LogP contribution in [0.4, 0.5) is 0 Å². The van der Waals surface area contributed by atoms with Gasteiger partial charge in [-0.3, -0.25) is 14.7 Å². The smallest absolute Gasteiger partial charge is 0.230 e. The molecule has 4 fully saturated rings. The molecule has 1 saturated carbocycles. The van der Waals surface area contributed by atoms with Crippen LogP contribution in [-0.2, 0) is 9.53 Å². The summed E-state index contributed by atoms with van der Waals surface area (Å²) in [5.41, 5.74) is 1.15. The number of carbonyl (C=O) groups is 1. The monoisotopic (exact) mass is 412 g/mol. The van der Waals surface area contributed by atoms with Crippen LogP contribution < -0.4 is 0 Å². The maximum Gasteiger partial charge on any atom is 0.230 e. The Balaban J connectivity index is 1.29. The Kier molecular flexibility index (Phi) is 5.82. The van der Waals surface area contributed by atoms with Crippen molar-refractivity contribution in [1.29, 1.82) is 0 Å². The molecule has 164 valence electrons. The highest BCUT2D eigenvalue weighted by atomic mass is 16.5. The fraction of sp³-hybridized carbons (Fsp3) is 0.750. The Bertz CT molecular complexity index is 732. The normalized spacial score (nSPS) is 33.7. The number of pyridine rings is 1. The molecule has 5 rings (SSSR count). The summed E-state index contributed by atoms with van der Waals surface area (Å²) in [6.07, 6.45) is 8.28. The molecule has 0 bridgehead atoms. The molecule has 0 aromatic carbocycles. The number of rotatable bonds is 4. The van der Waals surface area contributed by atoms with Gasteiger partial charge in [-0.15, -0.1) is 0 Å². The van der Waals surface area contributed by atoms with Crippen LogP contribution in [0.25, 0.3) is 0 Å². The first-order valence-electron chi connectivity index (χ1n) is 11.9. The molecule has 1 amide bonds. The number of likely N-dealkylation sites (tertiary alicyclic amines) is 2. The highest BCUT2D eigenvalue weighted by molar-refractivity contribution is 5.84. The first-order valence-corrected chi connectivity index (χ1v) is 11.9. The van der Waals surface area contributed by atoms with Gasteiger partial charge in [0.15, 0.2) is 0 Å². The minimum Gasteiger partial charge on any atom is -0.379 e. The van der Waals surface area contributed by atoms with Gasteiger partial charge in [-0.1, -0.05) is 6.92 Å². The van der Waals surface area contributed by atoms with Crippen molar-refractivity contribution in [2.75, 3.05) is 59.0 Å². The lowest BCUT2D eigenvalue weighted by Gasteiger charge is -2.56. The van der Waals surface area contributed by atoms with Crippen LogP contribution in [0.15, 0.2) is 24.5 Å². The summed E-state index contributed by atoms with van der Waals surface area (Å²) in [5.74, 6) is 1.44. The van der Waals surface area contributed by atoms with Crippen molar-refractivity contribution in [2.45, 2.75) is 44.6 Å². The van der Waals surface area contributed by atoms with Gasteiger partial charge in [0.2, 0.25) is 5.91 Å². The van der Waals surface area contributed by atoms with E-state index in [-0.39, 0.29) is 5.41 Å². The molecule has 0 N–H and O–H groups in total. The summed E-state index contributed by atoms with van der Waals surface area (Å²) >= 11 is 0. The van der Waals surface area contributed by atoms with Gasteiger partial charge >= 0.3 is 0 Å². The number of piperidine rings is 1. The Labute approximate surface area is 180 Å². The summed E-state index contributed by atoms with van der Waals surface area (Å²) in [4.78, 5) is 25.4. The molecule has 4 aliphatic rings. The second-order valence-electron chi connectivity index (χ2n) is 9.77. The van der Waals surface area contributed by atoms with Crippen LogP contribution in [0, 0.1) is 11.3 Å². The third-order valence-corrected chi connectivity index (χ3v) is 8.34. The number of aromatic nitrogens is 1. The van der Waals surface area contributed by atoms with Crippen molar-refractivity contribution in [3.8, 4) is 0 Å². The summed E-state index contributed by atoms with van der Waals surface area (Å²) in [6, 6.07) is 4.83. The molecule has 0 unspecified atom stereocenters. The highest BCUT2D eigenvalue weighted by Crippen LogP contribution is 2.49. The Morgan fingerprint density at radius 2 is 1.93 bits per heavy atom. The quantitative estimate of drug-likeness (QED) is 0.759. The highest BCUT2D eigenvalue weighted by Gasteiger charge is 2.55. The molecule has 0 radical (unpaired) electrons. The molecule has 3 saturated heterocycles. The van der Waals surface area contributed by atoms with Crippen molar-refractivity contribution in [3.05, 3.63) is 30.1 Å². The van der Waals surface area contributed by atoms with Gasteiger partial charge < -0.3 is 14.5 Å². The Morgan fingerprint density at radius 1 is 1.17 bits per heavy atom. The van der Waals surface area contributed by atoms with E-state index in [0.717, 1.165) is 71.9 Å². The number of hydrogen-bond acceptors (Lipinski definition) is 5. The van der Waals surface area contributed by atoms with Gasteiger partial charge in [0.05, 0.1) is 18.6 Å². The van der Waals surface area contributed by atoms with Gasteiger partial charge in [-0.25, -0.2) is 0 Å². The van der Waals surface area contributed by atoms with E-state index in [9.17, 15) is 4.79 Å². The lowest BCUT2D eigenvalue weighted by molar-refractivity contribution is -0.161. The van der Waals surface area contributed by atoms with Gasteiger partial charge in [0, 0.05) is 57.1 Å². The van der Waals surface area contributed by atoms with E-state index >= 15 is 0 Å². The maximum atomic E-state index is 13.9. The van der Waals surface area contributed by atoms with Crippen molar-refractivity contribution in [3.63, 3.8) is 0 Å².